The Labute approximate surface area is 247 Å². The molecular weight excluding hydrogens is 585 g/mol. The number of nitrogens with zero attached hydrogens (tertiary/aromatic N) is 2. The van der Waals surface area contributed by atoms with Crippen molar-refractivity contribution in [2.75, 3.05) is 13.1 Å². The number of alkyl halides is 5. The van der Waals surface area contributed by atoms with Gasteiger partial charge >= 0.3 is 18.8 Å². The number of hydrogen-bond acceptors (Lipinski definition) is 6. The number of benzene rings is 2. The average Bonchev–Trinajstić information content (AvgIpc) is 3.74. The van der Waals surface area contributed by atoms with Crippen LogP contribution in [0.2, 0.25) is 0 Å². The van der Waals surface area contributed by atoms with E-state index in [0.29, 0.717) is 23.3 Å². The molecule has 2 aromatic carbocycles. The summed E-state index contributed by atoms with van der Waals surface area (Å²) in [5, 5.41) is 17.2. The summed E-state index contributed by atoms with van der Waals surface area (Å²) < 4.78 is 79.7. The van der Waals surface area contributed by atoms with Gasteiger partial charge in [0.1, 0.15) is 17.2 Å². The number of pyridine rings is 1. The van der Waals surface area contributed by atoms with E-state index in [2.05, 4.69) is 15.5 Å². The van der Waals surface area contributed by atoms with Gasteiger partial charge in [-0.3, -0.25) is 0 Å². The second kappa shape index (κ2) is 10.4. The van der Waals surface area contributed by atoms with Gasteiger partial charge in [-0.1, -0.05) is 29.4 Å². The van der Waals surface area contributed by atoms with Gasteiger partial charge in [-0.05, 0) is 80.1 Å². The Bertz CT molecular complexity index is 1820. The quantitative estimate of drug-likeness (QED) is 0.206. The molecule has 44 heavy (non-hydrogen) atoms. The third kappa shape index (κ3) is 4.81. The third-order valence-corrected chi connectivity index (χ3v) is 8.86. The lowest BCUT2D eigenvalue weighted by molar-refractivity contribution is -0.137. The number of carboxylic acids is 1. The molecule has 4 aromatic rings. The van der Waals surface area contributed by atoms with Gasteiger partial charge in [0, 0.05) is 33.9 Å². The second-order valence-corrected chi connectivity index (χ2v) is 11.6. The number of carbonyl (C=O) groups is 1. The van der Waals surface area contributed by atoms with E-state index in [1.54, 1.807) is 18.2 Å². The van der Waals surface area contributed by atoms with Crippen LogP contribution < -0.4 is 10.1 Å². The fourth-order valence-electron chi connectivity index (χ4n) is 6.75. The maximum atomic E-state index is 14.1. The van der Waals surface area contributed by atoms with Crippen LogP contribution in [0.15, 0.2) is 53.1 Å². The first kappa shape index (κ1) is 28.5. The lowest BCUT2D eigenvalue weighted by Crippen LogP contribution is -2.42. The van der Waals surface area contributed by atoms with E-state index in [-0.39, 0.29) is 39.2 Å². The van der Waals surface area contributed by atoms with Crippen LogP contribution in [0, 0.1) is 5.41 Å². The molecule has 0 atom stereocenters. The molecule has 7 nitrogen and oxygen atoms in total. The van der Waals surface area contributed by atoms with E-state index >= 15 is 0 Å². The van der Waals surface area contributed by atoms with Crippen LogP contribution in [0.1, 0.15) is 71.0 Å². The fraction of sp³-hybridized carbons (Fsp3) is 0.344. The molecule has 0 unspecified atom stereocenters. The molecule has 1 saturated heterocycles. The highest BCUT2D eigenvalue weighted by Gasteiger charge is 2.49. The highest BCUT2D eigenvalue weighted by Crippen LogP contribution is 2.63. The van der Waals surface area contributed by atoms with Gasteiger partial charge in [-0.15, -0.1) is 0 Å². The number of fused-ring (bicyclic) bond motifs is 1. The molecule has 2 N–H and O–H groups in total. The Balaban J connectivity index is 1.47. The number of carboxylic acid groups (broad SMARTS) is 1. The van der Waals surface area contributed by atoms with Crippen molar-refractivity contribution < 1.29 is 41.1 Å². The number of nitrogens with one attached hydrogen (secondary N) is 1. The van der Waals surface area contributed by atoms with E-state index < -0.39 is 30.0 Å². The monoisotopic (exact) mass is 611 g/mol. The minimum atomic E-state index is -4.61. The summed E-state index contributed by atoms with van der Waals surface area (Å²) in [5.41, 5.74) is 1.59. The standard InChI is InChI=1S/C32H26F5N3O4/c33-30(34)43-24-14-23(29(41)42)39-22-8-7-17(13-19(22)24)26-20(15-31(26)9-11-38-12-10-31)25-27(40-44-28(25)16-5-6-16)18-3-1-2-4-21(18)32(35,36)37/h1-4,7-8,13-14,16,30,38H,5-6,9-12,15H2,(H,41,42). The van der Waals surface area contributed by atoms with Crippen LogP contribution in [0.4, 0.5) is 22.0 Å². The van der Waals surface area contributed by atoms with Crippen molar-refractivity contribution in [2.24, 2.45) is 5.41 Å². The SMILES string of the molecule is O=C(O)c1cc(OC(F)F)c2cc(C3=C(c4c(-c5ccccc5C(F)(F)F)noc4C4CC4)CC34CCNCC4)ccc2n1. The summed E-state index contributed by atoms with van der Waals surface area (Å²) in [5.74, 6) is -1.11. The Morgan fingerprint density at radius 2 is 1.84 bits per heavy atom. The van der Waals surface area contributed by atoms with Crippen LogP contribution in [-0.2, 0) is 6.18 Å². The predicted molar refractivity (Wildman–Crippen MR) is 150 cm³/mol. The van der Waals surface area contributed by atoms with Crippen molar-refractivity contribution >= 4 is 28.0 Å². The third-order valence-electron chi connectivity index (χ3n) is 8.86. The molecule has 3 aliphatic rings. The van der Waals surface area contributed by atoms with Crippen molar-refractivity contribution in [1.82, 2.24) is 15.5 Å². The lowest BCUT2D eigenvalue weighted by Gasteiger charge is -2.49. The van der Waals surface area contributed by atoms with Crippen LogP contribution >= 0.6 is 0 Å². The zero-order valence-electron chi connectivity index (χ0n) is 23.2. The number of halogens is 5. The highest BCUT2D eigenvalue weighted by molar-refractivity contribution is 6.05. The Morgan fingerprint density at radius 1 is 1.09 bits per heavy atom. The van der Waals surface area contributed by atoms with E-state index in [9.17, 15) is 31.9 Å². The molecule has 3 heterocycles. The summed E-state index contributed by atoms with van der Waals surface area (Å²) in [6.07, 6.45) is -0.830. The Kier molecular flexibility index (Phi) is 6.72. The first-order chi connectivity index (χ1) is 21.1. The minimum Gasteiger partial charge on any atom is -0.477 e. The van der Waals surface area contributed by atoms with Gasteiger partial charge < -0.3 is 19.7 Å². The van der Waals surface area contributed by atoms with E-state index in [1.165, 1.54) is 18.2 Å². The van der Waals surface area contributed by atoms with E-state index in [1.807, 2.05) is 0 Å². The number of allylic oxidation sites excluding steroid dienone is 2. The molecule has 1 saturated carbocycles. The van der Waals surface area contributed by atoms with Gasteiger partial charge in [0.05, 0.1) is 11.1 Å². The molecule has 0 radical (unpaired) electrons. The fourth-order valence-corrected chi connectivity index (χ4v) is 6.75. The van der Waals surface area contributed by atoms with E-state index in [0.717, 1.165) is 62.1 Å². The Hall–Kier alpha value is -4.32. The number of hydrogen-bond donors (Lipinski definition) is 2. The predicted octanol–water partition coefficient (Wildman–Crippen LogP) is 7.77. The topological polar surface area (TPSA) is 97.5 Å². The number of piperidine rings is 1. The van der Waals surface area contributed by atoms with Gasteiger partial charge in [-0.2, -0.15) is 22.0 Å². The van der Waals surface area contributed by atoms with Gasteiger partial charge in [-0.25, -0.2) is 9.78 Å². The van der Waals surface area contributed by atoms with Crippen LogP contribution in [0.25, 0.3) is 33.3 Å². The zero-order valence-corrected chi connectivity index (χ0v) is 23.2. The maximum Gasteiger partial charge on any atom is 0.417 e. The largest absolute Gasteiger partial charge is 0.477 e. The average molecular weight is 612 g/mol. The van der Waals surface area contributed by atoms with Gasteiger partial charge in [0.25, 0.3) is 0 Å². The van der Waals surface area contributed by atoms with Gasteiger partial charge in [0.2, 0.25) is 0 Å². The van der Waals surface area contributed by atoms with Crippen molar-refractivity contribution in [3.05, 3.63) is 76.7 Å². The van der Waals surface area contributed by atoms with Crippen LogP contribution in [0.3, 0.4) is 0 Å². The maximum absolute atomic E-state index is 14.1. The smallest absolute Gasteiger partial charge is 0.417 e. The molecule has 1 aliphatic heterocycles. The van der Waals surface area contributed by atoms with Gasteiger partial charge in [0.15, 0.2) is 5.69 Å². The molecule has 0 bridgehead atoms. The highest BCUT2D eigenvalue weighted by atomic mass is 19.4. The summed E-state index contributed by atoms with van der Waals surface area (Å²) in [7, 11) is 0. The molecule has 0 amide bonds. The Morgan fingerprint density at radius 3 is 2.52 bits per heavy atom. The molecule has 7 rings (SSSR count). The summed E-state index contributed by atoms with van der Waals surface area (Å²) in [6, 6.07) is 11.2. The summed E-state index contributed by atoms with van der Waals surface area (Å²) in [4.78, 5) is 15.7. The number of aromatic carboxylic acids is 1. The first-order valence-electron chi connectivity index (χ1n) is 14.3. The van der Waals surface area contributed by atoms with Crippen molar-refractivity contribution in [1.29, 1.82) is 0 Å². The molecule has 12 heteroatoms. The molecule has 228 valence electrons. The lowest BCUT2D eigenvalue weighted by atomic mass is 9.56. The summed E-state index contributed by atoms with van der Waals surface area (Å²) >= 11 is 0. The molecule has 2 fully saturated rings. The van der Waals surface area contributed by atoms with E-state index in [4.69, 9.17) is 9.26 Å². The molecular formula is C32H26F5N3O4. The number of rotatable bonds is 7. The molecule has 2 aliphatic carbocycles. The summed E-state index contributed by atoms with van der Waals surface area (Å²) in [6.45, 7) is -1.73. The molecule has 1 spiro atoms. The van der Waals surface area contributed by atoms with Crippen LogP contribution in [-0.4, -0.2) is 40.9 Å². The minimum absolute atomic E-state index is 0.0453. The zero-order chi connectivity index (χ0) is 30.8. The second-order valence-electron chi connectivity index (χ2n) is 11.6. The molecule has 2 aromatic heterocycles. The number of aromatic nitrogens is 2. The van der Waals surface area contributed by atoms with Crippen molar-refractivity contribution in [3.8, 4) is 17.0 Å². The van der Waals surface area contributed by atoms with Crippen molar-refractivity contribution in [2.45, 2.75) is 50.8 Å². The first-order valence-corrected chi connectivity index (χ1v) is 14.3. The normalized spacial score (nSPS) is 18.2. The van der Waals surface area contributed by atoms with Crippen molar-refractivity contribution in [3.63, 3.8) is 0 Å². The number of ether oxygens (including phenoxy) is 1. The van der Waals surface area contributed by atoms with Crippen LogP contribution in [0.5, 0.6) is 5.75 Å².